The van der Waals surface area contributed by atoms with Crippen molar-refractivity contribution in [2.24, 2.45) is 0 Å². The Labute approximate surface area is 306 Å². The van der Waals surface area contributed by atoms with Crippen LogP contribution in [0.2, 0.25) is 0 Å². The third kappa shape index (κ3) is 8.25. The molecule has 3 atom stereocenters. The summed E-state index contributed by atoms with van der Waals surface area (Å²) >= 11 is 0. The van der Waals surface area contributed by atoms with Crippen LogP contribution in [-0.2, 0) is 28.0 Å². The lowest BCUT2D eigenvalue weighted by molar-refractivity contribution is -0.200. The molecule has 282 valence electrons. The van der Waals surface area contributed by atoms with Gasteiger partial charge in [0.25, 0.3) is 0 Å². The van der Waals surface area contributed by atoms with E-state index in [9.17, 15) is 18.0 Å². The standard InChI is InChI=1S/C36H39F3N8O4.C2H6/c1-3-26(2)47-34(48)45(25-42-47)29-10-8-27(9-11-29)43-18-20-44(21-19-43)28-12-14-30(15-13-28)49-22-31-23-50-35(51-31,24-46-40-16-17-41-46)32-6-4-5-7-33(32)36(37,38)39;1-2/h4-17,25-26,31H,3,18-24H2,1-2H3;1-2H3. The Kier molecular flexibility index (Phi) is 11.5. The molecular formula is C38H45F3N8O4. The molecule has 0 amide bonds. The molecule has 3 aromatic carbocycles. The summed E-state index contributed by atoms with van der Waals surface area (Å²) in [5.74, 6) is -1.14. The Morgan fingerprint density at radius 3 is 2.06 bits per heavy atom. The third-order valence-corrected chi connectivity index (χ3v) is 9.43. The molecule has 12 nitrogen and oxygen atoms in total. The molecule has 7 rings (SSSR count). The van der Waals surface area contributed by atoms with Gasteiger partial charge in [0.15, 0.2) is 0 Å². The highest BCUT2D eigenvalue weighted by molar-refractivity contribution is 5.54. The summed E-state index contributed by atoms with van der Waals surface area (Å²) in [5.41, 5.74) is 1.81. The van der Waals surface area contributed by atoms with E-state index in [0.717, 1.165) is 55.7 Å². The van der Waals surface area contributed by atoms with Crippen LogP contribution in [0.1, 0.15) is 51.3 Å². The van der Waals surface area contributed by atoms with Crippen LogP contribution < -0.4 is 20.2 Å². The zero-order valence-electron chi connectivity index (χ0n) is 30.3. The number of ether oxygens (including phenoxy) is 3. The number of nitrogens with zero attached hydrogens (tertiary/aromatic N) is 8. The van der Waals surface area contributed by atoms with Crippen molar-refractivity contribution in [3.8, 4) is 11.4 Å². The summed E-state index contributed by atoms with van der Waals surface area (Å²) in [6.45, 7) is 11.3. The van der Waals surface area contributed by atoms with Crippen LogP contribution in [0.5, 0.6) is 5.75 Å². The number of alkyl halides is 3. The smallest absolute Gasteiger partial charge is 0.416 e. The predicted octanol–water partition coefficient (Wildman–Crippen LogP) is 6.32. The Morgan fingerprint density at radius 2 is 1.45 bits per heavy atom. The van der Waals surface area contributed by atoms with E-state index in [1.165, 1.54) is 40.1 Å². The molecule has 2 fully saturated rings. The number of halogens is 3. The van der Waals surface area contributed by atoms with Gasteiger partial charge in [-0.15, -0.1) is 0 Å². The highest BCUT2D eigenvalue weighted by Crippen LogP contribution is 2.43. The minimum absolute atomic E-state index is 0.0278. The maximum absolute atomic E-state index is 14.0. The molecule has 5 aromatic rings. The van der Waals surface area contributed by atoms with Crippen molar-refractivity contribution in [2.75, 3.05) is 49.2 Å². The lowest BCUT2D eigenvalue weighted by atomic mass is 9.98. The van der Waals surface area contributed by atoms with Gasteiger partial charge >= 0.3 is 11.9 Å². The number of aromatic nitrogens is 6. The van der Waals surface area contributed by atoms with E-state index in [0.29, 0.717) is 5.75 Å². The van der Waals surface area contributed by atoms with Crippen LogP contribution in [0.15, 0.2) is 96.3 Å². The summed E-state index contributed by atoms with van der Waals surface area (Å²) in [4.78, 5) is 18.7. The Balaban J connectivity index is 0.00000236. The second kappa shape index (κ2) is 16.3. The SMILES string of the molecule is CC.CCC(C)n1ncn(-c2ccc(N3CCN(c4ccc(OCC5COC(Cn6nccn6)(c6ccccc6C(F)(F)F)O5)cc4)CC3)cc2)c1=O. The van der Waals surface area contributed by atoms with Crippen LogP contribution in [0, 0.1) is 0 Å². The fourth-order valence-electron chi connectivity index (χ4n) is 6.49. The van der Waals surface area contributed by atoms with Gasteiger partial charge in [0.05, 0.1) is 36.3 Å². The zero-order valence-corrected chi connectivity index (χ0v) is 30.3. The summed E-state index contributed by atoms with van der Waals surface area (Å²) in [7, 11) is 0. The van der Waals surface area contributed by atoms with Crippen LogP contribution in [0.25, 0.3) is 5.69 Å². The summed E-state index contributed by atoms with van der Waals surface area (Å²) in [6.07, 6.45) is 0.0481. The average molecular weight is 735 g/mol. The summed E-state index contributed by atoms with van der Waals surface area (Å²) in [5, 5.41) is 12.4. The Morgan fingerprint density at radius 1 is 0.868 bits per heavy atom. The predicted molar refractivity (Wildman–Crippen MR) is 195 cm³/mol. The van der Waals surface area contributed by atoms with E-state index in [4.69, 9.17) is 14.2 Å². The zero-order chi connectivity index (χ0) is 37.6. The lowest BCUT2D eigenvalue weighted by Crippen LogP contribution is -2.46. The van der Waals surface area contributed by atoms with Gasteiger partial charge in [-0.3, -0.25) is 0 Å². The molecule has 2 aliphatic rings. The number of anilines is 2. The molecule has 0 bridgehead atoms. The van der Waals surface area contributed by atoms with E-state index in [1.54, 1.807) is 10.9 Å². The van der Waals surface area contributed by atoms with Crippen molar-refractivity contribution in [3.05, 3.63) is 113 Å². The minimum atomic E-state index is -4.61. The van der Waals surface area contributed by atoms with Gasteiger partial charge in [0, 0.05) is 43.1 Å². The van der Waals surface area contributed by atoms with Crippen molar-refractivity contribution < 1.29 is 27.4 Å². The number of hydrogen-bond donors (Lipinski definition) is 0. The molecule has 3 unspecified atom stereocenters. The van der Waals surface area contributed by atoms with Gasteiger partial charge in [-0.05, 0) is 67.9 Å². The average Bonchev–Trinajstić information content (AvgIpc) is 3.96. The van der Waals surface area contributed by atoms with Gasteiger partial charge in [0.2, 0.25) is 5.79 Å². The highest BCUT2D eigenvalue weighted by Gasteiger charge is 2.49. The summed E-state index contributed by atoms with van der Waals surface area (Å²) in [6, 6.07) is 21.0. The molecule has 2 aromatic heterocycles. The first-order chi connectivity index (χ1) is 25.6. The van der Waals surface area contributed by atoms with Gasteiger partial charge in [-0.25, -0.2) is 14.0 Å². The van der Waals surface area contributed by atoms with E-state index in [2.05, 4.69) is 25.1 Å². The van der Waals surface area contributed by atoms with Gasteiger partial charge in [-0.2, -0.15) is 33.3 Å². The molecule has 0 radical (unpaired) electrons. The van der Waals surface area contributed by atoms with Crippen molar-refractivity contribution >= 4 is 11.4 Å². The van der Waals surface area contributed by atoms with E-state index in [-0.39, 0.29) is 37.1 Å². The second-order valence-corrected chi connectivity index (χ2v) is 12.7. The van der Waals surface area contributed by atoms with Crippen LogP contribution >= 0.6 is 0 Å². The number of hydrogen-bond acceptors (Lipinski definition) is 9. The fourth-order valence-corrected chi connectivity index (χ4v) is 6.49. The maximum atomic E-state index is 14.0. The van der Waals surface area contributed by atoms with Crippen molar-refractivity contribution in [3.63, 3.8) is 0 Å². The molecule has 53 heavy (non-hydrogen) atoms. The Bertz CT molecular complexity index is 1960. The first kappa shape index (κ1) is 37.6. The van der Waals surface area contributed by atoms with Crippen molar-refractivity contribution in [1.82, 2.24) is 29.3 Å². The van der Waals surface area contributed by atoms with Crippen LogP contribution in [0.3, 0.4) is 0 Å². The van der Waals surface area contributed by atoms with Crippen LogP contribution in [-0.4, -0.2) is 74.8 Å². The number of piperazine rings is 1. The fraction of sp³-hybridized carbons (Fsp3) is 0.421. The third-order valence-electron chi connectivity index (χ3n) is 9.43. The second-order valence-electron chi connectivity index (χ2n) is 12.7. The molecule has 0 aliphatic carbocycles. The van der Waals surface area contributed by atoms with E-state index in [1.807, 2.05) is 76.2 Å². The molecule has 0 saturated carbocycles. The Hall–Kier alpha value is -5.15. The van der Waals surface area contributed by atoms with E-state index >= 15 is 0 Å². The molecular weight excluding hydrogens is 689 g/mol. The van der Waals surface area contributed by atoms with Crippen molar-refractivity contribution in [2.45, 2.75) is 64.8 Å². The van der Waals surface area contributed by atoms with Crippen molar-refractivity contribution in [1.29, 1.82) is 0 Å². The monoisotopic (exact) mass is 734 g/mol. The normalized spacial score (nSPS) is 19.5. The van der Waals surface area contributed by atoms with Gasteiger partial charge in [-0.1, -0.05) is 39.0 Å². The first-order valence-electron chi connectivity index (χ1n) is 18.0. The topological polar surface area (TPSA) is 105 Å². The maximum Gasteiger partial charge on any atom is 0.416 e. The largest absolute Gasteiger partial charge is 0.491 e. The van der Waals surface area contributed by atoms with Gasteiger partial charge < -0.3 is 24.0 Å². The first-order valence-corrected chi connectivity index (χ1v) is 18.0. The highest BCUT2D eigenvalue weighted by atomic mass is 19.4. The molecule has 2 saturated heterocycles. The summed E-state index contributed by atoms with van der Waals surface area (Å²) < 4.78 is 63.3. The molecule has 15 heteroatoms. The number of benzene rings is 3. The quantitative estimate of drug-likeness (QED) is 0.154. The molecule has 4 heterocycles. The number of rotatable bonds is 11. The lowest BCUT2D eigenvalue weighted by Gasteiger charge is -2.37. The van der Waals surface area contributed by atoms with E-state index < -0.39 is 23.6 Å². The van der Waals surface area contributed by atoms with Gasteiger partial charge in [0.1, 0.15) is 31.3 Å². The molecule has 0 spiro atoms. The molecule has 0 N–H and O–H groups in total. The molecule has 2 aliphatic heterocycles. The van der Waals surface area contributed by atoms with Crippen LogP contribution in [0.4, 0.5) is 24.5 Å². The minimum Gasteiger partial charge on any atom is -0.491 e.